The second-order valence-corrected chi connectivity index (χ2v) is 27.7. The highest BCUT2D eigenvalue weighted by Crippen LogP contribution is 2.41. The van der Waals surface area contributed by atoms with Crippen LogP contribution in [0.4, 0.5) is 10.6 Å². The number of carbonyl (C=O) groups is 8. The van der Waals surface area contributed by atoms with Gasteiger partial charge in [-0.15, -0.1) is 68.0 Å². The molecule has 1 aromatic carbocycles. The summed E-state index contributed by atoms with van der Waals surface area (Å²) in [4.78, 5) is 144. The van der Waals surface area contributed by atoms with Gasteiger partial charge in [0.05, 0.1) is 47.1 Å². The van der Waals surface area contributed by atoms with Crippen LogP contribution in [0.5, 0.6) is 0 Å². The van der Waals surface area contributed by atoms with Crippen molar-refractivity contribution in [2.45, 2.75) is 109 Å². The number of fused-ring (bicyclic) bond motifs is 14. The van der Waals surface area contributed by atoms with Gasteiger partial charge in [-0.1, -0.05) is 44.2 Å². The Hall–Kier alpha value is -8.17. The molecule has 1 aliphatic heterocycles. The lowest BCUT2D eigenvalue weighted by Crippen LogP contribution is -2.45. The van der Waals surface area contributed by atoms with Gasteiger partial charge < -0.3 is 46.2 Å². The Morgan fingerprint density at radius 1 is 0.736 bits per heavy atom. The Morgan fingerprint density at radius 3 is 2.16 bits per heavy atom. The normalized spacial score (nSPS) is 18.6. The maximum Gasteiger partial charge on any atom is 0.323 e. The molecule has 0 saturated heterocycles. The number of benzene rings is 1. The summed E-state index contributed by atoms with van der Waals surface area (Å²) in [5.74, 6) is -5.52. The fraction of sp³-hybridized carbons (Fsp3) is 0.383. The van der Waals surface area contributed by atoms with Crippen LogP contribution in [0.2, 0.25) is 0 Å². The monoisotopic (exact) mass is 1350 g/mol. The van der Waals surface area contributed by atoms with Gasteiger partial charge in [-0.25, -0.2) is 39.7 Å². The number of hydrogen-bond acceptors (Lipinski definition) is 23. The molecule has 4 atom stereocenters. The number of nitrogens with zero attached hydrogens (tertiary/aromatic N) is 8. The fourth-order valence-electron chi connectivity index (χ4n) is 10.6. The van der Waals surface area contributed by atoms with E-state index in [1.165, 1.54) is 70.8 Å². The second kappa shape index (κ2) is 29.4. The summed E-state index contributed by atoms with van der Waals surface area (Å²) < 4.78 is 5.47. The van der Waals surface area contributed by atoms with E-state index in [0.29, 0.717) is 99.4 Å². The predicted octanol–water partition coefficient (Wildman–Crippen LogP) is 9.54. The van der Waals surface area contributed by atoms with Crippen molar-refractivity contribution in [3.63, 3.8) is 0 Å². The molecule has 1 aliphatic carbocycles. The number of rotatable bonds is 15. The second-order valence-electron chi connectivity index (χ2n) is 21.9. The molecule has 476 valence electrons. The number of urea groups is 1. The van der Waals surface area contributed by atoms with Crippen LogP contribution in [0, 0.1) is 18.8 Å². The summed E-state index contributed by atoms with van der Waals surface area (Å²) in [5, 5.41) is 54.0. The Balaban J connectivity index is 1.02. The van der Waals surface area contributed by atoms with Crippen LogP contribution in [0.1, 0.15) is 151 Å². The highest BCUT2D eigenvalue weighted by Gasteiger charge is 2.35. The number of nitrogens with one attached hydrogen (secondary N) is 5. The predicted molar refractivity (Wildman–Crippen MR) is 344 cm³/mol. The number of aliphatic carboxylic acids is 2. The zero-order valence-corrected chi connectivity index (χ0v) is 54.6. The molecule has 1 unspecified atom stereocenters. The lowest BCUT2D eigenvalue weighted by atomic mass is 9.85. The average Bonchev–Trinajstić information content (AvgIpc) is 1.75. The van der Waals surface area contributed by atoms with Gasteiger partial charge in [-0.2, -0.15) is 0 Å². The largest absolute Gasteiger partial charge is 0.481 e. The Labute approximate surface area is 545 Å². The van der Waals surface area contributed by atoms with Crippen molar-refractivity contribution >= 4 is 121 Å². The van der Waals surface area contributed by atoms with Crippen LogP contribution < -0.4 is 26.6 Å². The number of aryl methyl sites for hydroxylation is 1. The quantitative estimate of drug-likeness (QED) is 0.0473. The van der Waals surface area contributed by atoms with Crippen LogP contribution in [0.3, 0.4) is 0 Å². The number of aromatic nitrogens is 7. The van der Waals surface area contributed by atoms with E-state index in [1.54, 1.807) is 75.8 Å². The van der Waals surface area contributed by atoms with E-state index in [-0.39, 0.29) is 79.5 Å². The zero-order chi connectivity index (χ0) is 64.6. The fourth-order valence-corrected chi connectivity index (χ4v) is 16.1. The van der Waals surface area contributed by atoms with Gasteiger partial charge in [0.1, 0.15) is 77.2 Å². The summed E-state index contributed by atoms with van der Waals surface area (Å²) in [7, 11) is 2.95. The molecule has 10 rings (SSSR count). The maximum absolute atomic E-state index is 14.4. The molecule has 6 amide bonds. The maximum atomic E-state index is 14.4. The average molecular weight is 1350 g/mol. The number of aliphatic hydroxyl groups excluding tert-OH is 1. The van der Waals surface area contributed by atoms with E-state index in [0.717, 1.165) is 11.3 Å². The van der Waals surface area contributed by atoms with Gasteiger partial charge >= 0.3 is 18.0 Å². The van der Waals surface area contributed by atoms with E-state index < -0.39 is 78.2 Å². The van der Waals surface area contributed by atoms with Crippen molar-refractivity contribution < 1.29 is 58.4 Å². The molecule has 1 saturated carbocycles. The number of carbonyl (C=O) groups excluding carboxylic acids is 6. The number of ketones is 1. The minimum absolute atomic E-state index is 0.00938. The number of ether oxygens (including phenoxy) is 1. The number of anilines is 1. The van der Waals surface area contributed by atoms with E-state index in [1.807, 2.05) is 13.8 Å². The molecule has 31 heteroatoms. The Bertz CT molecular complexity index is 4000. The molecule has 8 heterocycles. The number of pyridine rings is 1. The third-order valence-electron chi connectivity index (χ3n) is 15.4. The molecule has 2 aliphatic rings. The summed E-state index contributed by atoms with van der Waals surface area (Å²) in [6, 6.07) is 9.30. The van der Waals surface area contributed by atoms with Gasteiger partial charge in [0, 0.05) is 77.5 Å². The summed E-state index contributed by atoms with van der Waals surface area (Å²) in [5.41, 5.74) is 2.63. The molecule has 0 radical (unpaired) electrons. The summed E-state index contributed by atoms with van der Waals surface area (Å²) in [6.45, 7) is 5.24. The number of carboxylic acid groups (broad SMARTS) is 2. The van der Waals surface area contributed by atoms with Crippen molar-refractivity contribution in [3.05, 3.63) is 111 Å². The number of methoxy groups -OCH3 is 1. The molecular formula is C60H63N13O12S6. The number of amides is 6. The summed E-state index contributed by atoms with van der Waals surface area (Å²) in [6.07, 6.45) is 0.0805. The minimum atomic E-state index is -1.30. The highest BCUT2D eigenvalue weighted by molar-refractivity contribution is 7.15. The first-order chi connectivity index (χ1) is 43.7. The Morgan fingerprint density at radius 2 is 1.44 bits per heavy atom. The number of aliphatic hydroxyl groups is 1. The molecule has 25 nitrogen and oxygen atoms in total. The van der Waals surface area contributed by atoms with Crippen molar-refractivity contribution in [1.82, 2.24) is 61.1 Å². The molecule has 10 bridgehead atoms. The molecule has 8 aromatic rings. The molecular weight excluding hydrogens is 1290 g/mol. The van der Waals surface area contributed by atoms with Crippen LogP contribution in [-0.4, -0.2) is 136 Å². The standard InChI is InChI=1S/C60H63N13O12S6/c1-28(2)34-20-40(74)46-29(3)90-57(71-46)36(21-43(75)61-4)64-51(80)38-25-86-53(66-38)33-17-18-35(55-68-42(27-89-55)69-60(84)73(19-9-12-45(77)78)32-15-13-31(14-16-32)59(82)83)63-47(33)37-24-87-56(65-37)39-26-88-58(67-39)49(50(79)30-10-7-6-8-11-30)70-44(76)22-62-52(81)48-41(23-85-5)91-54(34)72-48/h6-8,10-11,17-18,24-28,31-32,34,36,49-50,79H,9,12-16,19-23H2,1-5H3,(H,61,75)(H,62,81)(H,64,80)(H,69,84)(H,70,76)(H,77,78)(H,82,83)/t31?,32?,34?,36-,49-,50-/m0/s1. The molecule has 1 fully saturated rings. The first kappa shape index (κ1) is 65.8. The molecule has 91 heavy (non-hydrogen) atoms. The zero-order valence-electron chi connectivity index (χ0n) is 49.7. The van der Waals surface area contributed by atoms with E-state index in [2.05, 4.69) is 26.6 Å². The van der Waals surface area contributed by atoms with Gasteiger partial charge in [-0.05, 0) is 62.6 Å². The number of hydrogen-bond donors (Lipinski definition) is 8. The third kappa shape index (κ3) is 15.6. The SMILES string of the molecule is CNC(=O)C[C@@H]1NC(=O)c2csc(n2)-c2ccc(-c3nc(NC(=O)N(CCCC(=O)O)C4CCC(C(=O)O)CC4)cs3)nc2-c2csc(n2)-c2csc(n2)[C@H]([C@@H](O)c2ccccc2)NC(=O)CNC(=O)c2nc(sc2COC)C(C(C)C)CC(=O)c2nc1sc2C. The summed E-state index contributed by atoms with van der Waals surface area (Å²) >= 11 is 7.16. The van der Waals surface area contributed by atoms with Crippen LogP contribution >= 0.6 is 68.0 Å². The molecule has 7 aromatic heterocycles. The lowest BCUT2D eigenvalue weighted by Gasteiger charge is -2.35. The first-order valence-corrected chi connectivity index (χ1v) is 34.1. The van der Waals surface area contributed by atoms with Crippen LogP contribution in [0.15, 0.2) is 64.0 Å². The van der Waals surface area contributed by atoms with Crippen LogP contribution in [-0.2, 0) is 30.5 Å². The van der Waals surface area contributed by atoms with Gasteiger partial charge in [0.15, 0.2) is 5.78 Å². The minimum Gasteiger partial charge on any atom is -0.481 e. The number of thiazole rings is 6. The highest BCUT2D eigenvalue weighted by atomic mass is 32.1. The van der Waals surface area contributed by atoms with Crippen molar-refractivity contribution in [2.24, 2.45) is 11.8 Å². The molecule has 0 spiro atoms. The van der Waals surface area contributed by atoms with E-state index >= 15 is 0 Å². The van der Waals surface area contributed by atoms with Crippen molar-refractivity contribution in [3.8, 4) is 43.4 Å². The topological polar surface area (TPSA) is 360 Å². The van der Waals surface area contributed by atoms with Crippen molar-refractivity contribution in [1.29, 1.82) is 0 Å². The number of Topliss-reactive ketones (excluding diaryl/α,β-unsaturated/α-hetero) is 1. The van der Waals surface area contributed by atoms with Crippen LogP contribution in [0.25, 0.3) is 43.4 Å². The first-order valence-electron chi connectivity index (χ1n) is 28.9. The third-order valence-corrected chi connectivity index (χ3v) is 21.2. The lowest BCUT2D eigenvalue weighted by molar-refractivity contribution is -0.143. The number of carboxylic acids is 2. The van der Waals surface area contributed by atoms with Crippen molar-refractivity contribution in [2.75, 3.05) is 32.6 Å². The van der Waals surface area contributed by atoms with Gasteiger partial charge in [0.2, 0.25) is 11.8 Å². The van der Waals surface area contributed by atoms with E-state index in [4.69, 9.17) is 39.6 Å². The van der Waals surface area contributed by atoms with Gasteiger partial charge in [-0.3, -0.25) is 38.9 Å². The van der Waals surface area contributed by atoms with Gasteiger partial charge in [0.25, 0.3) is 11.8 Å². The van der Waals surface area contributed by atoms with E-state index in [9.17, 15) is 53.7 Å². The Kier molecular flexibility index (Phi) is 21.3. The molecule has 8 N–H and O–H groups in total. The smallest absolute Gasteiger partial charge is 0.323 e.